The molecule has 3 N–H and O–H groups in total. The maximum absolute atomic E-state index is 13.4. The average Bonchev–Trinajstić information content (AvgIpc) is 2.27. The highest BCUT2D eigenvalue weighted by molar-refractivity contribution is 7.89. The molecule has 0 atom stereocenters. The van der Waals surface area contributed by atoms with Gasteiger partial charge in [-0.15, -0.1) is 0 Å². The van der Waals surface area contributed by atoms with Gasteiger partial charge in [0.05, 0.1) is 4.90 Å². The zero-order valence-corrected chi connectivity index (χ0v) is 12.3. The van der Waals surface area contributed by atoms with Crippen LogP contribution in [-0.4, -0.2) is 45.5 Å². The number of benzene rings is 1. The minimum atomic E-state index is -3.69. The number of hydrogen-bond donors (Lipinski definition) is 2. The number of sulfonamides is 1. The number of nitrogens with two attached hydrogens (primary N) is 1. The Morgan fingerprint density at radius 1 is 1.47 bits per heavy atom. The van der Waals surface area contributed by atoms with Crippen LogP contribution in [0.1, 0.15) is 5.56 Å². The lowest BCUT2D eigenvalue weighted by molar-refractivity contribution is 0.412. The highest BCUT2D eigenvalue weighted by atomic mass is 32.2. The maximum Gasteiger partial charge on any atom is 0.240 e. The van der Waals surface area contributed by atoms with Crippen molar-refractivity contribution >= 4 is 27.2 Å². The molecular formula is C11H16FN3O2S2. The molecule has 0 aliphatic heterocycles. The second kappa shape index (κ2) is 6.38. The number of hydrogen-bond acceptors (Lipinski definition) is 4. The topological polar surface area (TPSA) is 75.4 Å². The van der Waals surface area contributed by atoms with E-state index in [4.69, 9.17) is 5.73 Å². The third-order valence-corrected chi connectivity index (χ3v) is 4.04. The van der Waals surface area contributed by atoms with Crippen molar-refractivity contribution in [1.82, 2.24) is 9.62 Å². The Hall–Kier alpha value is -1.09. The quantitative estimate of drug-likeness (QED) is 0.739. The minimum Gasteiger partial charge on any atom is -0.389 e. The summed E-state index contributed by atoms with van der Waals surface area (Å²) in [6, 6.07) is 3.35. The number of likely N-dealkylation sites (N-methyl/N-ethyl adjacent to an activating group) is 1. The first-order chi connectivity index (χ1) is 8.74. The van der Waals surface area contributed by atoms with Gasteiger partial charge in [0, 0.05) is 18.7 Å². The molecule has 1 aromatic carbocycles. The summed E-state index contributed by atoms with van der Waals surface area (Å²) in [5.74, 6) is -0.639. The molecule has 8 heteroatoms. The van der Waals surface area contributed by atoms with E-state index in [2.05, 4.69) is 16.9 Å². The van der Waals surface area contributed by atoms with E-state index < -0.39 is 15.8 Å². The summed E-state index contributed by atoms with van der Waals surface area (Å²) in [6.07, 6.45) is 0. The Morgan fingerprint density at radius 3 is 2.63 bits per heavy atom. The van der Waals surface area contributed by atoms with Gasteiger partial charge in [-0.3, -0.25) is 0 Å². The summed E-state index contributed by atoms with van der Waals surface area (Å²) in [4.78, 5) is 1.60. The summed E-state index contributed by atoms with van der Waals surface area (Å²) in [5.41, 5.74) is 5.26. The van der Waals surface area contributed by atoms with Crippen molar-refractivity contribution < 1.29 is 12.8 Å². The van der Waals surface area contributed by atoms with E-state index in [0.717, 1.165) is 12.1 Å². The summed E-state index contributed by atoms with van der Waals surface area (Å²) in [5, 5.41) is 0. The van der Waals surface area contributed by atoms with Crippen molar-refractivity contribution in [2.75, 3.05) is 27.2 Å². The molecule has 0 aromatic heterocycles. The molecule has 0 aliphatic carbocycles. The zero-order chi connectivity index (χ0) is 14.6. The number of rotatable bonds is 6. The molecule has 0 saturated heterocycles. The second-order valence-corrected chi connectivity index (χ2v) is 6.41. The molecule has 0 unspecified atom stereocenters. The van der Waals surface area contributed by atoms with Crippen LogP contribution in [0.25, 0.3) is 0 Å². The van der Waals surface area contributed by atoms with Crippen LogP contribution in [-0.2, 0) is 10.0 Å². The van der Waals surface area contributed by atoms with Crippen LogP contribution in [0.4, 0.5) is 4.39 Å². The van der Waals surface area contributed by atoms with Gasteiger partial charge in [-0.25, -0.2) is 17.5 Å². The van der Waals surface area contributed by atoms with Crippen LogP contribution < -0.4 is 10.5 Å². The smallest absolute Gasteiger partial charge is 0.240 e. The fourth-order valence-corrected chi connectivity index (χ4v) is 2.55. The Bertz CT molecular complexity index is 573. The SMILES string of the molecule is CN(C)CCNS(=O)(=O)c1ccc(F)c(C(N)=S)c1. The van der Waals surface area contributed by atoms with Gasteiger partial charge in [-0.05, 0) is 32.3 Å². The number of nitrogens with zero attached hydrogens (tertiary/aromatic N) is 1. The van der Waals surface area contributed by atoms with Crippen LogP contribution >= 0.6 is 12.2 Å². The van der Waals surface area contributed by atoms with Crippen LogP contribution in [0.5, 0.6) is 0 Å². The van der Waals surface area contributed by atoms with E-state index in [9.17, 15) is 12.8 Å². The molecule has 106 valence electrons. The maximum atomic E-state index is 13.4. The third kappa shape index (κ3) is 4.50. The predicted octanol–water partition coefficient (Wildman–Crippen LogP) is 0.300. The molecule has 0 radical (unpaired) electrons. The minimum absolute atomic E-state index is 0.0598. The first-order valence-electron chi connectivity index (χ1n) is 5.48. The molecule has 1 rings (SSSR count). The molecular weight excluding hydrogens is 289 g/mol. The van der Waals surface area contributed by atoms with Gasteiger partial charge in [-0.1, -0.05) is 12.2 Å². The van der Waals surface area contributed by atoms with E-state index >= 15 is 0 Å². The Kier molecular flexibility index (Phi) is 5.36. The van der Waals surface area contributed by atoms with Gasteiger partial charge in [0.15, 0.2) is 0 Å². The first-order valence-corrected chi connectivity index (χ1v) is 7.37. The molecule has 0 aliphatic rings. The van der Waals surface area contributed by atoms with Crippen LogP contribution in [0.2, 0.25) is 0 Å². The van der Waals surface area contributed by atoms with Gasteiger partial charge in [0.2, 0.25) is 10.0 Å². The summed E-state index contributed by atoms with van der Waals surface area (Å²) in [7, 11) is -0.0262. The largest absolute Gasteiger partial charge is 0.389 e. The number of nitrogens with one attached hydrogen (secondary N) is 1. The van der Waals surface area contributed by atoms with Crippen LogP contribution in [0.15, 0.2) is 23.1 Å². The lowest BCUT2D eigenvalue weighted by Gasteiger charge is -2.11. The van der Waals surface area contributed by atoms with Crippen LogP contribution in [0, 0.1) is 5.82 Å². The van der Waals surface area contributed by atoms with E-state index in [1.54, 1.807) is 0 Å². The van der Waals surface area contributed by atoms with Crippen molar-refractivity contribution in [2.24, 2.45) is 5.73 Å². The lowest BCUT2D eigenvalue weighted by Crippen LogP contribution is -2.31. The normalized spacial score (nSPS) is 11.8. The van der Waals surface area contributed by atoms with Gasteiger partial charge in [0.25, 0.3) is 0 Å². The van der Waals surface area contributed by atoms with Gasteiger partial charge in [-0.2, -0.15) is 0 Å². The molecule has 0 spiro atoms. The Balaban J connectivity index is 2.96. The van der Waals surface area contributed by atoms with Gasteiger partial charge >= 0.3 is 0 Å². The molecule has 0 amide bonds. The van der Waals surface area contributed by atoms with Crippen molar-refractivity contribution in [2.45, 2.75) is 4.90 Å². The Labute approximate surface area is 117 Å². The molecule has 0 bridgehead atoms. The predicted molar refractivity (Wildman–Crippen MR) is 76.0 cm³/mol. The highest BCUT2D eigenvalue weighted by Crippen LogP contribution is 2.15. The van der Waals surface area contributed by atoms with E-state index in [1.807, 2.05) is 19.0 Å². The summed E-state index contributed by atoms with van der Waals surface area (Å²) < 4.78 is 39.7. The number of thiocarbonyl (C=S) groups is 1. The van der Waals surface area contributed by atoms with Crippen molar-refractivity contribution in [3.05, 3.63) is 29.6 Å². The average molecular weight is 305 g/mol. The zero-order valence-electron chi connectivity index (χ0n) is 10.7. The van der Waals surface area contributed by atoms with Crippen LogP contribution in [0.3, 0.4) is 0 Å². The Morgan fingerprint density at radius 2 is 2.11 bits per heavy atom. The second-order valence-electron chi connectivity index (χ2n) is 4.21. The lowest BCUT2D eigenvalue weighted by atomic mass is 10.2. The van der Waals surface area contributed by atoms with Gasteiger partial charge in [0.1, 0.15) is 10.8 Å². The fourth-order valence-electron chi connectivity index (χ4n) is 1.35. The monoisotopic (exact) mass is 305 g/mol. The molecule has 0 fully saturated rings. The summed E-state index contributed by atoms with van der Waals surface area (Å²) >= 11 is 4.67. The third-order valence-electron chi connectivity index (χ3n) is 2.36. The fraction of sp³-hybridized carbons (Fsp3) is 0.364. The van der Waals surface area contributed by atoms with Crippen molar-refractivity contribution in [3.8, 4) is 0 Å². The van der Waals surface area contributed by atoms with Gasteiger partial charge < -0.3 is 10.6 Å². The molecule has 19 heavy (non-hydrogen) atoms. The molecule has 0 heterocycles. The molecule has 5 nitrogen and oxygen atoms in total. The highest BCUT2D eigenvalue weighted by Gasteiger charge is 2.16. The van der Waals surface area contributed by atoms with E-state index in [0.29, 0.717) is 6.54 Å². The van der Waals surface area contributed by atoms with E-state index in [1.165, 1.54) is 6.07 Å². The number of halogens is 1. The molecule has 0 saturated carbocycles. The standard InChI is InChI=1S/C11H16FN3O2S2/c1-15(2)6-5-14-19(16,17)8-3-4-10(12)9(7-8)11(13)18/h3-4,7,14H,5-6H2,1-2H3,(H2,13,18). The summed E-state index contributed by atoms with van der Waals surface area (Å²) in [6.45, 7) is 0.817. The van der Waals surface area contributed by atoms with Crippen molar-refractivity contribution in [1.29, 1.82) is 0 Å². The first kappa shape index (κ1) is 16.0. The van der Waals surface area contributed by atoms with E-state index in [-0.39, 0.29) is 22.0 Å². The van der Waals surface area contributed by atoms with Crippen molar-refractivity contribution in [3.63, 3.8) is 0 Å². The molecule has 1 aromatic rings.